The number of benzene rings is 3. The van der Waals surface area contributed by atoms with E-state index in [2.05, 4.69) is 110 Å². The molecule has 8 heteroatoms. The Morgan fingerprint density at radius 3 is 1.72 bits per heavy atom. The van der Waals surface area contributed by atoms with Crippen molar-refractivity contribution in [2.45, 2.75) is 104 Å². The molecule has 0 saturated heterocycles. The van der Waals surface area contributed by atoms with Crippen molar-refractivity contribution in [3.05, 3.63) is 113 Å². The Labute approximate surface area is 301 Å². The van der Waals surface area contributed by atoms with Crippen LogP contribution < -0.4 is 10.4 Å². The summed E-state index contributed by atoms with van der Waals surface area (Å²) in [6.07, 6.45) is 0. The fraction of sp³-hybridized carbons (Fsp3) is 0.429. The van der Waals surface area contributed by atoms with E-state index in [1.165, 1.54) is 29.6 Å². The van der Waals surface area contributed by atoms with Crippen molar-refractivity contribution in [3.63, 3.8) is 0 Å². The van der Waals surface area contributed by atoms with Gasteiger partial charge in [0.25, 0.3) is 8.32 Å². The molecule has 4 aromatic rings. The zero-order chi connectivity index (χ0) is 37.1. The fourth-order valence-corrected chi connectivity index (χ4v) is 12.0. The molecule has 268 valence electrons. The van der Waals surface area contributed by atoms with Gasteiger partial charge in [-0.1, -0.05) is 135 Å². The number of carbonyl (C=O) groups excluding carboxylic acids is 1. The van der Waals surface area contributed by atoms with Crippen molar-refractivity contribution in [3.8, 4) is 11.1 Å². The molecule has 0 bridgehead atoms. The van der Waals surface area contributed by atoms with Crippen LogP contribution in [0.15, 0.2) is 84.9 Å². The van der Waals surface area contributed by atoms with E-state index in [0.29, 0.717) is 29.0 Å². The summed E-state index contributed by atoms with van der Waals surface area (Å²) in [5.74, 6) is -1.10. The highest BCUT2D eigenvalue weighted by molar-refractivity contribution is 6.99. The number of hydrogen-bond acceptors (Lipinski definition) is 5. The normalized spacial score (nSPS) is 13.4. The molecule has 0 aliphatic heterocycles. The molecule has 0 N–H and O–H groups in total. The molecule has 0 amide bonds. The number of esters is 1. The molecule has 1 atom stereocenters. The van der Waals surface area contributed by atoms with Gasteiger partial charge in [0.2, 0.25) is 0 Å². The van der Waals surface area contributed by atoms with E-state index < -0.39 is 22.6 Å². The monoisotopic (exact) mass is 713 g/mol. The molecule has 0 spiro atoms. The predicted octanol–water partition coefficient (Wildman–Crippen LogP) is 10.00. The first kappa shape index (κ1) is 39.4. The van der Waals surface area contributed by atoms with Crippen LogP contribution in [-0.4, -0.2) is 41.3 Å². The molecule has 0 radical (unpaired) electrons. The number of nitrogens with zero attached hydrogens (tertiary/aromatic N) is 1. The van der Waals surface area contributed by atoms with Crippen LogP contribution in [0.2, 0.25) is 23.2 Å². The van der Waals surface area contributed by atoms with Crippen LogP contribution in [-0.2, 0) is 20.2 Å². The average molecular weight is 714 g/mol. The van der Waals surface area contributed by atoms with Gasteiger partial charge in [-0.15, -0.1) is 0 Å². The molecule has 1 aromatic heterocycles. The maximum absolute atomic E-state index is 14.3. The zero-order valence-electron chi connectivity index (χ0n) is 32.1. The Morgan fingerprint density at radius 2 is 1.28 bits per heavy atom. The number of ether oxygens (including phenoxy) is 1. The highest BCUT2D eigenvalue weighted by Crippen LogP contribution is 2.42. The number of carbonyl (C=O) groups is 1. The van der Waals surface area contributed by atoms with Gasteiger partial charge in [0.05, 0.1) is 30.7 Å². The van der Waals surface area contributed by atoms with E-state index >= 15 is 0 Å². The van der Waals surface area contributed by atoms with Crippen molar-refractivity contribution in [1.29, 1.82) is 0 Å². The number of aromatic nitrogens is 1. The summed E-state index contributed by atoms with van der Waals surface area (Å²) in [6.45, 7) is 24.7. The second-order valence-electron chi connectivity index (χ2n) is 16.2. The van der Waals surface area contributed by atoms with Gasteiger partial charge in [0, 0.05) is 23.7 Å². The molecule has 5 nitrogen and oxygen atoms in total. The second-order valence-corrected chi connectivity index (χ2v) is 25.3. The van der Waals surface area contributed by atoms with Crippen molar-refractivity contribution in [2.24, 2.45) is 0 Å². The predicted molar refractivity (Wildman–Crippen MR) is 209 cm³/mol. The SMILES string of the molecule is COC(=O)c1c(C(C)C)nc([C@H](C)CO[Si](c2ccccc2)(c2ccccc2)C(C)(C)C)c(CO[Si](C)(C)C(C)(C)C)c1-c1ccc(F)cc1. The largest absolute Gasteiger partial charge is 0.465 e. The molecule has 0 aliphatic rings. The maximum Gasteiger partial charge on any atom is 0.340 e. The highest BCUT2D eigenvalue weighted by Gasteiger charge is 2.50. The van der Waals surface area contributed by atoms with Crippen LogP contribution in [0.1, 0.15) is 101 Å². The van der Waals surface area contributed by atoms with Gasteiger partial charge in [-0.2, -0.15) is 0 Å². The van der Waals surface area contributed by atoms with Gasteiger partial charge in [0.1, 0.15) is 5.82 Å². The molecule has 3 aromatic carbocycles. The van der Waals surface area contributed by atoms with E-state index in [0.717, 1.165) is 11.3 Å². The molecule has 50 heavy (non-hydrogen) atoms. The third-order valence-electron chi connectivity index (χ3n) is 10.2. The lowest BCUT2D eigenvalue weighted by Gasteiger charge is -2.43. The fourth-order valence-electron chi connectivity index (χ4n) is 6.44. The van der Waals surface area contributed by atoms with E-state index in [1.54, 1.807) is 12.1 Å². The minimum absolute atomic E-state index is 0.0440. The van der Waals surface area contributed by atoms with Crippen LogP contribution >= 0.6 is 0 Å². The summed E-state index contributed by atoms with van der Waals surface area (Å²) >= 11 is 0. The van der Waals surface area contributed by atoms with Crippen molar-refractivity contribution in [2.75, 3.05) is 13.7 Å². The molecule has 0 unspecified atom stereocenters. The van der Waals surface area contributed by atoms with Crippen molar-refractivity contribution >= 4 is 33.0 Å². The third-order valence-corrected chi connectivity index (χ3v) is 19.7. The maximum atomic E-state index is 14.3. The summed E-state index contributed by atoms with van der Waals surface area (Å²) in [7, 11) is -3.72. The number of hydrogen-bond donors (Lipinski definition) is 0. The van der Waals surface area contributed by atoms with Gasteiger partial charge in [-0.3, -0.25) is 4.98 Å². The first-order valence-corrected chi connectivity index (χ1v) is 22.5. The minimum atomic E-state index is -2.86. The molecule has 0 saturated carbocycles. The van der Waals surface area contributed by atoms with Crippen LogP contribution in [0, 0.1) is 5.82 Å². The number of pyridine rings is 1. The lowest BCUT2D eigenvalue weighted by molar-refractivity contribution is 0.0599. The summed E-state index contributed by atoms with van der Waals surface area (Å²) in [4.78, 5) is 19.0. The molecular weight excluding hydrogens is 658 g/mol. The summed E-state index contributed by atoms with van der Waals surface area (Å²) in [5.41, 5.74) is 4.06. The average Bonchev–Trinajstić information content (AvgIpc) is 3.06. The smallest absolute Gasteiger partial charge is 0.340 e. The number of methoxy groups -OCH3 is 1. The third kappa shape index (κ3) is 8.04. The van der Waals surface area contributed by atoms with Gasteiger partial charge in [-0.05, 0) is 57.2 Å². The number of halogens is 1. The molecule has 1 heterocycles. The van der Waals surface area contributed by atoms with Crippen LogP contribution in [0.5, 0.6) is 0 Å². The van der Waals surface area contributed by atoms with Crippen LogP contribution in [0.3, 0.4) is 0 Å². The van der Waals surface area contributed by atoms with Crippen molar-refractivity contribution in [1.82, 2.24) is 4.98 Å². The van der Waals surface area contributed by atoms with Crippen LogP contribution in [0.4, 0.5) is 4.39 Å². The second kappa shape index (κ2) is 15.4. The zero-order valence-corrected chi connectivity index (χ0v) is 34.1. The lowest BCUT2D eigenvalue weighted by atomic mass is 9.87. The van der Waals surface area contributed by atoms with Gasteiger partial charge < -0.3 is 13.6 Å². The van der Waals surface area contributed by atoms with Crippen LogP contribution in [0.25, 0.3) is 11.1 Å². The molecule has 4 rings (SSSR count). The van der Waals surface area contributed by atoms with Gasteiger partial charge >= 0.3 is 5.97 Å². The first-order chi connectivity index (χ1) is 23.4. The van der Waals surface area contributed by atoms with E-state index in [4.69, 9.17) is 18.6 Å². The summed E-state index contributed by atoms with van der Waals surface area (Å²) < 4.78 is 34.1. The first-order valence-electron chi connectivity index (χ1n) is 17.7. The molecule has 0 aliphatic carbocycles. The van der Waals surface area contributed by atoms with E-state index in [-0.39, 0.29) is 34.3 Å². The summed E-state index contributed by atoms with van der Waals surface area (Å²) in [5, 5.41) is 2.17. The highest BCUT2D eigenvalue weighted by atomic mass is 28.4. The van der Waals surface area contributed by atoms with Gasteiger partial charge in [0.15, 0.2) is 8.32 Å². The van der Waals surface area contributed by atoms with E-state index in [1.807, 2.05) is 26.0 Å². The Morgan fingerprint density at radius 1 is 0.760 bits per heavy atom. The minimum Gasteiger partial charge on any atom is -0.465 e. The van der Waals surface area contributed by atoms with Crippen molar-refractivity contribution < 1.29 is 22.8 Å². The molecule has 0 fully saturated rings. The Kier molecular flexibility index (Phi) is 12.1. The Hall–Kier alpha value is -3.44. The quantitative estimate of drug-likeness (QED) is 0.108. The lowest BCUT2D eigenvalue weighted by Crippen LogP contribution is -2.66. The topological polar surface area (TPSA) is 57.7 Å². The molecular formula is C42H56FNO4Si2. The Bertz CT molecular complexity index is 1710. The standard InChI is InChI=1S/C42H56FNO4Si2/c1-29(2)38-37(40(45)46-10)36(31-23-25-32(43)26-24-31)35(28-47-49(11,12)41(4,5)6)39(44-38)30(3)27-48-50(42(7,8)9,33-19-15-13-16-20-33)34-21-17-14-18-22-34/h13-26,29-30H,27-28H2,1-12H3/t30-/m1/s1. The van der Waals surface area contributed by atoms with Gasteiger partial charge in [-0.25, -0.2) is 9.18 Å². The summed E-state index contributed by atoms with van der Waals surface area (Å²) in [6, 6.07) is 27.5. The number of rotatable bonds is 12. The Balaban J connectivity index is 1.99. The van der Waals surface area contributed by atoms with E-state index in [9.17, 15) is 9.18 Å².